The van der Waals surface area contributed by atoms with Crippen LogP contribution in [0.15, 0.2) is 10.2 Å². The summed E-state index contributed by atoms with van der Waals surface area (Å²) in [5.41, 5.74) is 1.05. The van der Waals surface area contributed by atoms with Crippen molar-refractivity contribution in [2.75, 3.05) is 0 Å². The van der Waals surface area contributed by atoms with E-state index in [-0.39, 0.29) is 11.2 Å². The largest absolute Gasteiger partial charge is 0.303 e. The maximum absolute atomic E-state index is 11.3. The van der Waals surface area contributed by atoms with Crippen molar-refractivity contribution in [3.63, 3.8) is 0 Å². The molecule has 84 valence electrons. The standard InChI is InChI=1S/C10H17N3OS/c1-4-7(5-2)12-13-10-11-9(14)8(6-3)15-10/h8H,4-6H2,1-3H3,(H,11,13,14)/t8-/m0/s1. The molecule has 0 aromatic rings. The van der Waals surface area contributed by atoms with E-state index in [1.165, 1.54) is 11.8 Å². The van der Waals surface area contributed by atoms with Crippen molar-refractivity contribution in [2.45, 2.75) is 45.3 Å². The predicted octanol–water partition coefficient (Wildman–Crippen LogP) is 2.16. The van der Waals surface area contributed by atoms with Crippen LogP contribution in [-0.4, -0.2) is 22.0 Å². The van der Waals surface area contributed by atoms with Gasteiger partial charge in [0.25, 0.3) is 0 Å². The second kappa shape index (κ2) is 5.90. The fourth-order valence-corrected chi connectivity index (χ4v) is 2.08. The van der Waals surface area contributed by atoms with Crippen molar-refractivity contribution in [1.82, 2.24) is 5.32 Å². The van der Waals surface area contributed by atoms with Crippen LogP contribution in [0.25, 0.3) is 0 Å². The minimum Gasteiger partial charge on any atom is -0.303 e. The molecule has 1 N–H and O–H groups in total. The number of carbonyl (C=O) groups excluding carboxylic acids is 1. The van der Waals surface area contributed by atoms with E-state index >= 15 is 0 Å². The maximum atomic E-state index is 11.3. The van der Waals surface area contributed by atoms with Crippen LogP contribution >= 0.6 is 11.8 Å². The minimum absolute atomic E-state index is 0.00523. The van der Waals surface area contributed by atoms with E-state index in [0.717, 1.165) is 25.0 Å². The molecule has 1 aliphatic rings. The molecule has 0 spiro atoms. The van der Waals surface area contributed by atoms with Gasteiger partial charge in [-0.2, -0.15) is 5.10 Å². The molecule has 0 radical (unpaired) electrons. The first kappa shape index (κ1) is 12.2. The van der Waals surface area contributed by atoms with Gasteiger partial charge in [-0.25, -0.2) is 0 Å². The highest BCUT2D eigenvalue weighted by molar-refractivity contribution is 8.15. The molecule has 1 aliphatic heterocycles. The van der Waals surface area contributed by atoms with E-state index in [1.807, 2.05) is 6.92 Å². The number of carbonyl (C=O) groups is 1. The third-order valence-corrected chi connectivity index (χ3v) is 3.48. The number of amidine groups is 1. The molecule has 1 saturated heterocycles. The van der Waals surface area contributed by atoms with Gasteiger partial charge < -0.3 is 5.32 Å². The summed E-state index contributed by atoms with van der Waals surface area (Å²) in [6, 6.07) is 0. The summed E-state index contributed by atoms with van der Waals surface area (Å²) in [5, 5.41) is 11.5. The molecule has 1 amide bonds. The normalized spacial score (nSPS) is 23.0. The van der Waals surface area contributed by atoms with Gasteiger partial charge in [0.1, 0.15) is 0 Å². The summed E-state index contributed by atoms with van der Waals surface area (Å²) in [5.74, 6) is 0.0472. The predicted molar refractivity (Wildman–Crippen MR) is 65.3 cm³/mol. The average molecular weight is 227 g/mol. The molecule has 0 bridgehead atoms. The van der Waals surface area contributed by atoms with Gasteiger partial charge in [0.15, 0.2) is 5.17 Å². The van der Waals surface area contributed by atoms with Crippen molar-refractivity contribution < 1.29 is 4.79 Å². The molecule has 0 unspecified atom stereocenters. The van der Waals surface area contributed by atoms with Gasteiger partial charge in [-0.1, -0.05) is 32.5 Å². The van der Waals surface area contributed by atoms with Crippen LogP contribution in [-0.2, 0) is 4.79 Å². The summed E-state index contributed by atoms with van der Waals surface area (Å²) in [6.07, 6.45) is 2.64. The quantitative estimate of drug-likeness (QED) is 0.591. The number of nitrogens with one attached hydrogen (secondary N) is 1. The van der Waals surface area contributed by atoms with E-state index in [4.69, 9.17) is 0 Å². The van der Waals surface area contributed by atoms with Gasteiger partial charge >= 0.3 is 0 Å². The van der Waals surface area contributed by atoms with Crippen LogP contribution in [0.4, 0.5) is 0 Å². The summed E-state index contributed by atoms with van der Waals surface area (Å²) < 4.78 is 0. The van der Waals surface area contributed by atoms with Crippen LogP contribution in [0.3, 0.4) is 0 Å². The Morgan fingerprint density at radius 3 is 2.53 bits per heavy atom. The molecule has 0 aromatic heterocycles. The van der Waals surface area contributed by atoms with Crippen molar-refractivity contribution in [3.05, 3.63) is 0 Å². The Morgan fingerprint density at radius 2 is 2.07 bits per heavy atom. The lowest BCUT2D eigenvalue weighted by Gasteiger charge is -1.96. The van der Waals surface area contributed by atoms with Crippen LogP contribution in [0.1, 0.15) is 40.0 Å². The van der Waals surface area contributed by atoms with E-state index < -0.39 is 0 Å². The molecule has 1 rings (SSSR count). The number of hydrogen-bond acceptors (Lipinski definition) is 4. The molecule has 1 heterocycles. The molecule has 4 nitrogen and oxygen atoms in total. The number of nitrogens with zero attached hydrogens (tertiary/aromatic N) is 2. The molecule has 15 heavy (non-hydrogen) atoms. The van der Waals surface area contributed by atoms with Crippen LogP contribution in [0.2, 0.25) is 0 Å². The summed E-state index contributed by atoms with van der Waals surface area (Å²) in [6.45, 7) is 6.10. The topological polar surface area (TPSA) is 53.8 Å². The van der Waals surface area contributed by atoms with Crippen LogP contribution in [0.5, 0.6) is 0 Å². The Bertz CT molecular complexity index is 293. The van der Waals surface area contributed by atoms with Gasteiger partial charge in [-0.05, 0) is 19.3 Å². The minimum atomic E-state index is 0.00523. The third-order valence-electron chi connectivity index (χ3n) is 2.25. The Balaban J connectivity index is 2.63. The lowest BCUT2D eigenvalue weighted by atomic mass is 10.2. The van der Waals surface area contributed by atoms with E-state index in [1.54, 1.807) is 0 Å². The lowest BCUT2D eigenvalue weighted by molar-refractivity contribution is -0.118. The first-order chi connectivity index (χ1) is 7.21. The molecule has 1 atom stereocenters. The van der Waals surface area contributed by atoms with Crippen molar-refractivity contribution >= 4 is 28.5 Å². The summed E-state index contributed by atoms with van der Waals surface area (Å²) >= 11 is 1.46. The fraction of sp³-hybridized carbons (Fsp3) is 0.700. The first-order valence-electron chi connectivity index (χ1n) is 5.32. The number of thioether (sulfide) groups is 1. The lowest BCUT2D eigenvalue weighted by Crippen LogP contribution is -2.24. The Morgan fingerprint density at radius 1 is 1.40 bits per heavy atom. The van der Waals surface area contributed by atoms with Gasteiger partial charge in [0.2, 0.25) is 5.91 Å². The molecule has 1 fully saturated rings. The van der Waals surface area contributed by atoms with E-state index in [2.05, 4.69) is 29.4 Å². The van der Waals surface area contributed by atoms with Gasteiger partial charge in [0, 0.05) is 5.71 Å². The van der Waals surface area contributed by atoms with E-state index in [9.17, 15) is 4.79 Å². The van der Waals surface area contributed by atoms with Gasteiger partial charge in [-0.15, -0.1) is 5.10 Å². The number of amides is 1. The zero-order chi connectivity index (χ0) is 11.3. The zero-order valence-corrected chi connectivity index (χ0v) is 10.2. The van der Waals surface area contributed by atoms with Gasteiger partial charge in [-0.3, -0.25) is 4.79 Å². The SMILES string of the molecule is CCC(CC)=N/N=C1/NC(=O)[C@H](CC)S1. The summed E-state index contributed by atoms with van der Waals surface area (Å²) in [4.78, 5) is 11.3. The van der Waals surface area contributed by atoms with Crippen molar-refractivity contribution in [1.29, 1.82) is 0 Å². The molecule has 5 heteroatoms. The van der Waals surface area contributed by atoms with E-state index in [0.29, 0.717) is 5.17 Å². The fourth-order valence-electron chi connectivity index (χ4n) is 1.23. The second-order valence-electron chi connectivity index (χ2n) is 3.28. The number of rotatable bonds is 4. The average Bonchev–Trinajstić information content (AvgIpc) is 2.60. The Kier molecular flexibility index (Phi) is 4.81. The van der Waals surface area contributed by atoms with Crippen molar-refractivity contribution in [2.24, 2.45) is 10.2 Å². The smallest absolute Gasteiger partial charge is 0.239 e. The molecular weight excluding hydrogens is 210 g/mol. The second-order valence-corrected chi connectivity index (χ2v) is 4.47. The third kappa shape index (κ3) is 3.34. The number of hydrogen-bond donors (Lipinski definition) is 1. The van der Waals surface area contributed by atoms with Gasteiger partial charge in [0.05, 0.1) is 5.25 Å². The monoisotopic (exact) mass is 227 g/mol. The highest BCUT2D eigenvalue weighted by Crippen LogP contribution is 2.21. The maximum Gasteiger partial charge on any atom is 0.239 e. The Hall–Kier alpha value is -0.840. The van der Waals surface area contributed by atoms with Crippen LogP contribution < -0.4 is 5.32 Å². The highest BCUT2D eigenvalue weighted by Gasteiger charge is 2.28. The Labute approximate surface area is 94.6 Å². The zero-order valence-electron chi connectivity index (χ0n) is 9.41. The van der Waals surface area contributed by atoms with Crippen molar-refractivity contribution in [3.8, 4) is 0 Å². The molecular formula is C10H17N3OS. The molecule has 0 aliphatic carbocycles. The van der Waals surface area contributed by atoms with Crippen LogP contribution in [0, 0.1) is 0 Å². The first-order valence-corrected chi connectivity index (χ1v) is 6.20. The highest BCUT2D eigenvalue weighted by atomic mass is 32.2. The molecule has 0 aromatic carbocycles. The molecule has 0 saturated carbocycles. The summed E-state index contributed by atoms with van der Waals surface area (Å²) in [7, 11) is 0.